The first-order chi connectivity index (χ1) is 12.3. The van der Waals surface area contributed by atoms with Crippen molar-refractivity contribution in [2.24, 2.45) is 13.0 Å². The number of hydrogen-bond donors (Lipinski definition) is 0. The topological polar surface area (TPSA) is 76.7 Å². The van der Waals surface area contributed by atoms with Gasteiger partial charge in [-0.2, -0.15) is 5.10 Å². The smallest absolute Gasteiger partial charge is 0.333 e. The molecule has 2 aliphatic rings. The van der Waals surface area contributed by atoms with Crippen LogP contribution in [0.5, 0.6) is 0 Å². The molecule has 8 heteroatoms. The first kappa shape index (κ1) is 19.1. The van der Waals surface area contributed by atoms with Gasteiger partial charge in [0, 0.05) is 33.2 Å². The maximum atomic E-state index is 11.4. The van der Waals surface area contributed by atoms with Gasteiger partial charge in [0.15, 0.2) is 0 Å². The molecule has 8 nitrogen and oxygen atoms in total. The number of nitrogens with zero attached hydrogens (tertiary/aromatic N) is 5. The molecule has 0 bridgehead atoms. The van der Waals surface area contributed by atoms with Gasteiger partial charge in [0.1, 0.15) is 5.69 Å². The van der Waals surface area contributed by atoms with Crippen LogP contribution in [0.3, 0.4) is 0 Å². The summed E-state index contributed by atoms with van der Waals surface area (Å²) in [7, 11) is 1.79. The monoisotopic (exact) mass is 365 g/mol. The average Bonchev–Trinajstić information content (AvgIpc) is 2.87. The molecule has 3 heterocycles. The Morgan fingerprint density at radius 3 is 2.42 bits per heavy atom. The molecule has 2 unspecified atom stereocenters. The minimum atomic E-state index is -0.301. The summed E-state index contributed by atoms with van der Waals surface area (Å²) >= 11 is 0. The molecule has 3 rings (SSSR count). The first-order valence-electron chi connectivity index (χ1n) is 9.66. The lowest BCUT2D eigenvalue weighted by Gasteiger charge is -2.37. The summed E-state index contributed by atoms with van der Waals surface area (Å²) in [6.45, 7) is 10.9. The van der Waals surface area contributed by atoms with Crippen LogP contribution >= 0.6 is 0 Å². The Hall–Kier alpha value is -1.67. The Morgan fingerprint density at radius 1 is 1.23 bits per heavy atom. The largest absolute Gasteiger partial charge is 0.373 e. The zero-order chi connectivity index (χ0) is 18.8. The summed E-state index contributed by atoms with van der Waals surface area (Å²) in [5, 5.41) is 15.7. The number of anilines is 1. The highest BCUT2D eigenvalue weighted by Crippen LogP contribution is 2.34. The van der Waals surface area contributed by atoms with Gasteiger partial charge in [-0.1, -0.05) is 0 Å². The maximum Gasteiger partial charge on any atom is 0.333 e. The standard InChI is InChI=1S/C18H31N5O3/c1-13-11-21(12-14(2)26-13)8-5-16-6-9-22(10-7-16)18-17(23(24)25)15(3)19-20(18)4/h13-14,16H,5-12H2,1-4H3. The fourth-order valence-corrected chi connectivity index (χ4v) is 4.47. The third-order valence-electron chi connectivity index (χ3n) is 5.61. The number of nitro groups is 1. The quantitative estimate of drug-likeness (QED) is 0.589. The molecule has 1 aromatic heterocycles. The molecular formula is C18H31N5O3. The van der Waals surface area contributed by atoms with E-state index in [1.165, 1.54) is 6.42 Å². The number of hydrogen-bond acceptors (Lipinski definition) is 6. The predicted molar refractivity (Wildman–Crippen MR) is 101 cm³/mol. The van der Waals surface area contributed by atoms with Crippen molar-refractivity contribution in [3.63, 3.8) is 0 Å². The van der Waals surface area contributed by atoms with Gasteiger partial charge < -0.3 is 9.64 Å². The third-order valence-corrected chi connectivity index (χ3v) is 5.61. The van der Waals surface area contributed by atoms with Crippen molar-refractivity contribution in [2.75, 3.05) is 37.6 Å². The number of aromatic nitrogens is 2. The third kappa shape index (κ3) is 4.17. The molecule has 2 saturated heterocycles. The number of aryl methyl sites for hydroxylation is 2. The Balaban J connectivity index is 1.53. The molecule has 26 heavy (non-hydrogen) atoms. The van der Waals surface area contributed by atoms with Gasteiger partial charge in [-0.3, -0.25) is 15.0 Å². The molecule has 0 radical (unpaired) electrons. The Morgan fingerprint density at radius 2 is 1.85 bits per heavy atom. The van der Waals surface area contributed by atoms with Crippen molar-refractivity contribution in [1.29, 1.82) is 0 Å². The Bertz CT molecular complexity index is 629. The van der Waals surface area contributed by atoms with Crippen molar-refractivity contribution < 1.29 is 9.66 Å². The Kier molecular flexibility index (Phi) is 5.82. The molecule has 0 aliphatic carbocycles. The molecule has 2 fully saturated rings. The second-order valence-corrected chi connectivity index (χ2v) is 7.87. The van der Waals surface area contributed by atoms with E-state index in [0.29, 0.717) is 29.6 Å². The highest BCUT2D eigenvalue weighted by molar-refractivity contribution is 5.61. The molecule has 0 spiro atoms. The summed E-state index contributed by atoms with van der Waals surface area (Å²) < 4.78 is 7.46. The number of piperidine rings is 1. The van der Waals surface area contributed by atoms with Gasteiger partial charge in [-0.05, 0) is 52.5 Å². The normalized spacial score (nSPS) is 25.6. The van der Waals surface area contributed by atoms with Crippen LogP contribution in [0.25, 0.3) is 0 Å². The van der Waals surface area contributed by atoms with Crippen LogP contribution in [0.4, 0.5) is 11.5 Å². The van der Waals surface area contributed by atoms with Gasteiger partial charge >= 0.3 is 5.69 Å². The van der Waals surface area contributed by atoms with Crippen molar-refractivity contribution in [2.45, 2.75) is 52.2 Å². The van der Waals surface area contributed by atoms with Gasteiger partial charge in [0.2, 0.25) is 5.82 Å². The molecule has 146 valence electrons. The van der Waals surface area contributed by atoms with E-state index in [4.69, 9.17) is 4.74 Å². The summed E-state index contributed by atoms with van der Waals surface area (Å²) in [6.07, 6.45) is 3.98. The minimum absolute atomic E-state index is 0.155. The van der Waals surface area contributed by atoms with E-state index in [2.05, 4.69) is 28.7 Å². The Labute approximate surface area is 155 Å². The van der Waals surface area contributed by atoms with E-state index < -0.39 is 0 Å². The van der Waals surface area contributed by atoms with Crippen LogP contribution in [0.1, 0.15) is 38.8 Å². The fourth-order valence-electron chi connectivity index (χ4n) is 4.47. The maximum absolute atomic E-state index is 11.4. The molecule has 2 aliphatic heterocycles. The van der Waals surface area contributed by atoms with Crippen LogP contribution in [-0.2, 0) is 11.8 Å². The molecule has 0 saturated carbocycles. The lowest BCUT2D eigenvalue weighted by molar-refractivity contribution is -0.384. The number of ether oxygens (including phenoxy) is 1. The molecule has 0 aromatic carbocycles. The molecule has 0 N–H and O–H groups in total. The minimum Gasteiger partial charge on any atom is -0.373 e. The van der Waals surface area contributed by atoms with Crippen molar-refractivity contribution in [1.82, 2.24) is 14.7 Å². The zero-order valence-electron chi connectivity index (χ0n) is 16.3. The van der Waals surface area contributed by atoms with Crippen LogP contribution in [0.15, 0.2) is 0 Å². The summed E-state index contributed by atoms with van der Waals surface area (Å²) in [5.41, 5.74) is 0.646. The van der Waals surface area contributed by atoms with E-state index in [0.717, 1.165) is 45.6 Å². The molecule has 1 aromatic rings. The van der Waals surface area contributed by atoms with Crippen molar-refractivity contribution >= 4 is 11.5 Å². The van der Waals surface area contributed by atoms with Gasteiger partial charge in [-0.25, -0.2) is 4.68 Å². The van der Waals surface area contributed by atoms with Crippen molar-refractivity contribution in [3.8, 4) is 0 Å². The predicted octanol–water partition coefficient (Wildman–Crippen LogP) is 2.35. The fraction of sp³-hybridized carbons (Fsp3) is 0.833. The SMILES string of the molecule is Cc1nn(C)c(N2CCC(CCN3CC(C)OC(C)C3)CC2)c1[N+](=O)[O-]. The second kappa shape index (κ2) is 7.92. The van der Waals surface area contributed by atoms with Crippen LogP contribution in [0, 0.1) is 23.0 Å². The van der Waals surface area contributed by atoms with Gasteiger partial charge in [-0.15, -0.1) is 0 Å². The molecular weight excluding hydrogens is 334 g/mol. The number of rotatable bonds is 5. The summed E-state index contributed by atoms with van der Waals surface area (Å²) in [4.78, 5) is 15.7. The zero-order valence-corrected chi connectivity index (χ0v) is 16.3. The van der Waals surface area contributed by atoms with Gasteiger partial charge in [0.05, 0.1) is 17.1 Å². The summed E-state index contributed by atoms with van der Waals surface area (Å²) in [5.74, 6) is 1.34. The van der Waals surface area contributed by atoms with E-state index in [1.54, 1.807) is 18.7 Å². The molecule has 2 atom stereocenters. The highest BCUT2D eigenvalue weighted by Gasteiger charge is 2.31. The van der Waals surface area contributed by atoms with E-state index in [1.807, 2.05) is 0 Å². The van der Waals surface area contributed by atoms with E-state index in [9.17, 15) is 10.1 Å². The second-order valence-electron chi connectivity index (χ2n) is 7.87. The summed E-state index contributed by atoms with van der Waals surface area (Å²) in [6, 6.07) is 0. The van der Waals surface area contributed by atoms with Crippen molar-refractivity contribution in [3.05, 3.63) is 15.8 Å². The average molecular weight is 365 g/mol. The van der Waals surface area contributed by atoms with Gasteiger partial charge in [0.25, 0.3) is 0 Å². The first-order valence-corrected chi connectivity index (χ1v) is 9.66. The van der Waals surface area contributed by atoms with E-state index in [-0.39, 0.29) is 10.6 Å². The lowest BCUT2D eigenvalue weighted by Crippen LogP contribution is -2.46. The lowest BCUT2D eigenvalue weighted by atomic mass is 9.93. The molecule has 0 amide bonds. The number of morpholine rings is 1. The van der Waals surface area contributed by atoms with Crippen LogP contribution in [0.2, 0.25) is 0 Å². The highest BCUT2D eigenvalue weighted by atomic mass is 16.6. The van der Waals surface area contributed by atoms with Crippen LogP contribution in [-0.4, -0.2) is 64.5 Å². The van der Waals surface area contributed by atoms with Crippen LogP contribution < -0.4 is 4.90 Å². The van der Waals surface area contributed by atoms with E-state index >= 15 is 0 Å².